The molecule has 9 heteroatoms. The van der Waals surface area contributed by atoms with Crippen molar-refractivity contribution in [1.29, 1.82) is 0 Å². The molecule has 3 atom stereocenters. The number of rotatable bonds is 4. The Hall–Kier alpha value is -2.39. The van der Waals surface area contributed by atoms with Crippen LogP contribution in [0.1, 0.15) is 39.9 Å². The van der Waals surface area contributed by atoms with Crippen LogP contribution in [0.3, 0.4) is 0 Å². The number of hydrogen-bond donors (Lipinski definition) is 2. The molecular weight excluding hydrogens is 452 g/mol. The molecule has 0 aromatic heterocycles. The number of carboxylic acids is 1. The first-order valence-electron chi connectivity index (χ1n) is 10.5. The van der Waals surface area contributed by atoms with Crippen LogP contribution in [-0.4, -0.2) is 50.1 Å². The molecule has 1 fully saturated rings. The molecule has 1 aliphatic carbocycles. The zero-order valence-electron chi connectivity index (χ0n) is 17.2. The number of carbonyl (C=O) groups is 1. The second-order valence-electron chi connectivity index (χ2n) is 8.25. The van der Waals surface area contributed by atoms with E-state index in [0.29, 0.717) is 42.6 Å². The van der Waals surface area contributed by atoms with Crippen LogP contribution >= 0.6 is 11.6 Å². The van der Waals surface area contributed by atoms with E-state index in [-0.39, 0.29) is 28.3 Å². The molecule has 2 heterocycles. The molecule has 2 N–H and O–H groups in total. The van der Waals surface area contributed by atoms with Crippen molar-refractivity contribution in [3.8, 4) is 0 Å². The highest BCUT2D eigenvalue weighted by Gasteiger charge is 2.41. The van der Waals surface area contributed by atoms with Gasteiger partial charge in [0.2, 0.25) is 10.0 Å². The molecule has 7 nitrogen and oxygen atoms in total. The third-order valence-corrected chi connectivity index (χ3v) is 8.77. The first-order chi connectivity index (χ1) is 15.4. The monoisotopic (exact) mass is 474 g/mol. The van der Waals surface area contributed by atoms with E-state index in [0.717, 1.165) is 12.0 Å². The van der Waals surface area contributed by atoms with Crippen molar-refractivity contribution < 1.29 is 23.1 Å². The van der Waals surface area contributed by atoms with E-state index in [2.05, 4.69) is 17.5 Å². The summed E-state index contributed by atoms with van der Waals surface area (Å²) in [7, 11) is -3.56. The largest absolute Gasteiger partial charge is 0.478 e. The minimum absolute atomic E-state index is 0.0715. The lowest BCUT2D eigenvalue weighted by Crippen LogP contribution is -2.40. The number of hydrogen-bond acceptors (Lipinski definition) is 5. The number of nitrogens with zero attached hydrogens (tertiary/aromatic N) is 1. The average Bonchev–Trinajstić information content (AvgIpc) is 3.29. The fourth-order valence-electron chi connectivity index (χ4n) is 4.97. The lowest BCUT2D eigenvalue weighted by atomic mass is 9.75. The van der Waals surface area contributed by atoms with Gasteiger partial charge in [0.05, 0.1) is 40.4 Å². The second-order valence-corrected chi connectivity index (χ2v) is 10.6. The van der Waals surface area contributed by atoms with Gasteiger partial charge in [-0.3, -0.25) is 0 Å². The number of anilines is 1. The SMILES string of the molecule is O=C(O)c1ccc(Cl)c2c1[C@@H]1C=CC[C@@H]1[C@@H](c1ccc(S(=O)(=O)N3CCOCC3)cc1)N2. The third-order valence-electron chi connectivity index (χ3n) is 6.55. The highest BCUT2D eigenvalue weighted by molar-refractivity contribution is 7.89. The quantitative estimate of drug-likeness (QED) is 0.653. The molecule has 0 bridgehead atoms. The van der Waals surface area contributed by atoms with Gasteiger partial charge in [0.25, 0.3) is 0 Å². The van der Waals surface area contributed by atoms with Crippen LogP contribution in [0.5, 0.6) is 0 Å². The summed E-state index contributed by atoms with van der Waals surface area (Å²) in [6.07, 6.45) is 4.92. The maximum absolute atomic E-state index is 12.9. The van der Waals surface area contributed by atoms with Crippen LogP contribution in [0.4, 0.5) is 5.69 Å². The first kappa shape index (κ1) is 21.5. The fraction of sp³-hybridized carbons (Fsp3) is 0.348. The van der Waals surface area contributed by atoms with Gasteiger partial charge < -0.3 is 15.2 Å². The lowest BCUT2D eigenvalue weighted by Gasteiger charge is -2.38. The maximum atomic E-state index is 12.9. The fourth-order valence-corrected chi connectivity index (χ4v) is 6.60. The van der Waals surface area contributed by atoms with Crippen molar-refractivity contribution in [3.63, 3.8) is 0 Å². The molecule has 3 aliphatic rings. The number of ether oxygens (including phenoxy) is 1. The van der Waals surface area contributed by atoms with Crippen LogP contribution in [0.2, 0.25) is 5.02 Å². The molecule has 2 aromatic rings. The number of benzene rings is 2. The molecule has 0 radical (unpaired) electrons. The van der Waals surface area contributed by atoms with E-state index in [1.807, 2.05) is 12.1 Å². The molecule has 2 aliphatic heterocycles. The molecular formula is C23H23ClN2O5S. The number of morpholine rings is 1. The van der Waals surface area contributed by atoms with Crippen molar-refractivity contribution in [2.45, 2.75) is 23.3 Å². The van der Waals surface area contributed by atoms with E-state index in [9.17, 15) is 18.3 Å². The number of carboxylic acid groups (broad SMARTS) is 1. The van der Waals surface area contributed by atoms with Crippen molar-refractivity contribution in [2.24, 2.45) is 5.92 Å². The molecule has 32 heavy (non-hydrogen) atoms. The van der Waals surface area contributed by atoms with E-state index in [1.165, 1.54) is 4.31 Å². The summed E-state index contributed by atoms with van der Waals surface area (Å²) >= 11 is 6.46. The standard InChI is InChI=1S/C23H23ClN2O5S/c24-19-9-8-18(23(27)28)20-16-2-1-3-17(16)21(25-22(19)20)14-4-6-15(7-5-14)32(29,30)26-10-12-31-13-11-26/h1-2,4-9,16-17,21,25H,3,10-13H2,(H,27,28)/t16-,17+,21-/m1/s1. The Morgan fingerprint density at radius 1 is 1.12 bits per heavy atom. The van der Waals surface area contributed by atoms with Gasteiger partial charge in [0.1, 0.15) is 0 Å². The summed E-state index contributed by atoms with van der Waals surface area (Å²) in [6, 6.07) is 9.99. The van der Waals surface area contributed by atoms with Crippen LogP contribution in [0.15, 0.2) is 53.4 Å². The number of fused-ring (bicyclic) bond motifs is 3. The van der Waals surface area contributed by atoms with Crippen LogP contribution in [0.25, 0.3) is 0 Å². The number of nitrogens with one attached hydrogen (secondary N) is 1. The highest BCUT2D eigenvalue weighted by Crippen LogP contribution is 2.52. The van der Waals surface area contributed by atoms with E-state index in [4.69, 9.17) is 16.3 Å². The molecule has 1 saturated heterocycles. The maximum Gasteiger partial charge on any atom is 0.336 e. The number of allylic oxidation sites excluding steroid dienone is 2. The predicted octanol–water partition coefficient (Wildman–Crippen LogP) is 3.89. The summed E-state index contributed by atoms with van der Waals surface area (Å²) in [5.41, 5.74) is 2.54. The normalized spacial score (nSPS) is 25.1. The molecule has 5 rings (SSSR count). The van der Waals surface area contributed by atoms with Gasteiger partial charge in [-0.15, -0.1) is 0 Å². The van der Waals surface area contributed by atoms with Gasteiger partial charge in [-0.1, -0.05) is 35.9 Å². The van der Waals surface area contributed by atoms with Gasteiger partial charge >= 0.3 is 5.97 Å². The zero-order chi connectivity index (χ0) is 22.5. The minimum Gasteiger partial charge on any atom is -0.478 e. The highest BCUT2D eigenvalue weighted by atomic mass is 35.5. The smallest absolute Gasteiger partial charge is 0.336 e. The van der Waals surface area contributed by atoms with Crippen LogP contribution in [0, 0.1) is 5.92 Å². The van der Waals surface area contributed by atoms with Gasteiger partial charge in [0, 0.05) is 19.0 Å². The van der Waals surface area contributed by atoms with Gasteiger partial charge in [0.15, 0.2) is 0 Å². The molecule has 0 unspecified atom stereocenters. The Morgan fingerprint density at radius 3 is 2.53 bits per heavy atom. The van der Waals surface area contributed by atoms with Gasteiger partial charge in [-0.05, 0) is 47.7 Å². The Kier molecular flexibility index (Phi) is 5.49. The summed E-state index contributed by atoms with van der Waals surface area (Å²) in [5.74, 6) is -0.937. The van der Waals surface area contributed by atoms with E-state index >= 15 is 0 Å². The predicted molar refractivity (Wildman–Crippen MR) is 121 cm³/mol. The Balaban J connectivity index is 1.49. The number of halogens is 1. The first-order valence-corrected chi connectivity index (χ1v) is 12.4. The average molecular weight is 475 g/mol. The Labute approximate surface area is 191 Å². The van der Waals surface area contributed by atoms with Crippen LogP contribution < -0.4 is 5.32 Å². The Bertz CT molecular complexity index is 1190. The van der Waals surface area contributed by atoms with Crippen molar-refractivity contribution in [1.82, 2.24) is 4.31 Å². The summed E-state index contributed by atoms with van der Waals surface area (Å²) in [6.45, 7) is 1.51. The summed E-state index contributed by atoms with van der Waals surface area (Å²) < 4.78 is 32.6. The topological polar surface area (TPSA) is 95.9 Å². The number of sulfonamides is 1. The second kappa shape index (κ2) is 8.19. The van der Waals surface area contributed by atoms with Crippen LogP contribution in [-0.2, 0) is 14.8 Å². The minimum atomic E-state index is -3.56. The zero-order valence-corrected chi connectivity index (χ0v) is 18.8. The lowest BCUT2D eigenvalue weighted by molar-refractivity contribution is 0.0695. The third kappa shape index (κ3) is 3.51. The molecule has 0 amide bonds. The summed E-state index contributed by atoms with van der Waals surface area (Å²) in [4.78, 5) is 12.1. The van der Waals surface area contributed by atoms with Crippen molar-refractivity contribution in [3.05, 3.63) is 70.3 Å². The molecule has 168 valence electrons. The Morgan fingerprint density at radius 2 is 1.84 bits per heavy atom. The van der Waals surface area contributed by atoms with Gasteiger partial charge in [-0.25, -0.2) is 13.2 Å². The van der Waals surface area contributed by atoms with Crippen molar-refractivity contribution >= 4 is 33.3 Å². The number of aromatic carboxylic acids is 1. The molecule has 2 aromatic carbocycles. The van der Waals surface area contributed by atoms with E-state index < -0.39 is 16.0 Å². The summed E-state index contributed by atoms with van der Waals surface area (Å²) in [5, 5.41) is 13.6. The molecule has 0 saturated carbocycles. The molecule has 0 spiro atoms. The van der Waals surface area contributed by atoms with E-state index in [1.54, 1.807) is 24.3 Å². The van der Waals surface area contributed by atoms with Gasteiger partial charge in [-0.2, -0.15) is 4.31 Å². The van der Waals surface area contributed by atoms with Crippen molar-refractivity contribution in [2.75, 3.05) is 31.6 Å².